The third-order valence-electron chi connectivity index (χ3n) is 5.37. The van der Waals surface area contributed by atoms with Gasteiger partial charge in [-0.2, -0.15) is 0 Å². The van der Waals surface area contributed by atoms with E-state index in [1.165, 1.54) is 11.0 Å². The summed E-state index contributed by atoms with van der Waals surface area (Å²) in [6, 6.07) is 4.18. The van der Waals surface area contributed by atoms with Gasteiger partial charge in [-0.05, 0) is 48.8 Å². The van der Waals surface area contributed by atoms with Crippen LogP contribution in [-0.4, -0.2) is 34.3 Å². The Labute approximate surface area is 128 Å². The summed E-state index contributed by atoms with van der Waals surface area (Å²) in [6.07, 6.45) is 3.10. The van der Waals surface area contributed by atoms with E-state index < -0.39 is 0 Å². The van der Waals surface area contributed by atoms with Gasteiger partial charge in [0.2, 0.25) is 0 Å². The lowest BCUT2D eigenvalue weighted by atomic mass is 9.79. The summed E-state index contributed by atoms with van der Waals surface area (Å²) in [7, 11) is 0. The van der Waals surface area contributed by atoms with E-state index in [-0.39, 0.29) is 35.8 Å². The summed E-state index contributed by atoms with van der Waals surface area (Å²) in [5.74, 6) is -0.173. The minimum atomic E-state index is -0.329. The lowest BCUT2D eigenvalue weighted by molar-refractivity contribution is -0.130. The summed E-state index contributed by atoms with van der Waals surface area (Å²) < 4.78 is 14.1. The number of amides is 3. The molecule has 2 heterocycles. The van der Waals surface area contributed by atoms with Crippen molar-refractivity contribution in [3.63, 3.8) is 0 Å². The van der Waals surface area contributed by atoms with Crippen molar-refractivity contribution in [2.24, 2.45) is 5.92 Å². The van der Waals surface area contributed by atoms with Gasteiger partial charge in [0.25, 0.3) is 5.91 Å². The van der Waals surface area contributed by atoms with Gasteiger partial charge in [0.1, 0.15) is 11.9 Å². The summed E-state index contributed by atoms with van der Waals surface area (Å²) in [4.78, 5) is 28.5. The maximum atomic E-state index is 14.1. The number of nitrogens with zero attached hydrogens (tertiary/aromatic N) is 2. The molecule has 0 N–H and O–H groups in total. The Morgan fingerprint density at radius 2 is 2.05 bits per heavy atom. The third-order valence-corrected chi connectivity index (χ3v) is 5.37. The van der Waals surface area contributed by atoms with E-state index in [1.807, 2.05) is 13.0 Å². The minimum absolute atomic E-state index is 0.100. The Morgan fingerprint density at radius 3 is 2.82 bits per heavy atom. The fourth-order valence-corrected chi connectivity index (χ4v) is 4.25. The summed E-state index contributed by atoms with van der Waals surface area (Å²) >= 11 is 0. The Hall–Kier alpha value is -1.91. The molecule has 4 nitrogen and oxygen atoms in total. The molecular weight excluding hydrogens is 283 g/mol. The van der Waals surface area contributed by atoms with Crippen LogP contribution in [0.25, 0.3) is 0 Å². The second-order valence-corrected chi connectivity index (χ2v) is 6.61. The van der Waals surface area contributed by atoms with E-state index in [0.717, 1.165) is 24.8 Å². The van der Waals surface area contributed by atoms with Crippen LogP contribution in [-0.2, 0) is 11.2 Å². The van der Waals surface area contributed by atoms with Crippen molar-refractivity contribution >= 4 is 11.9 Å². The van der Waals surface area contributed by atoms with E-state index in [9.17, 15) is 14.0 Å². The molecule has 3 amide bonds. The number of imide groups is 1. The van der Waals surface area contributed by atoms with Gasteiger partial charge in [-0.3, -0.25) is 9.69 Å². The first-order valence-electron chi connectivity index (χ1n) is 8.00. The fraction of sp³-hybridized carbons (Fsp3) is 0.529. The number of rotatable bonds is 1. The van der Waals surface area contributed by atoms with Crippen molar-refractivity contribution in [1.82, 2.24) is 9.80 Å². The third kappa shape index (κ3) is 1.74. The van der Waals surface area contributed by atoms with Crippen LogP contribution in [0.15, 0.2) is 18.2 Å². The van der Waals surface area contributed by atoms with E-state index in [1.54, 1.807) is 11.0 Å². The van der Waals surface area contributed by atoms with Crippen molar-refractivity contribution in [3.05, 3.63) is 35.1 Å². The highest BCUT2D eigenvalue weighted by atomic mass is 19.1. The van der Waals surface area contributed by atoms with Crippen molar-refractivity contribution in [2.75, 3.05) is 6.54 Å². The maximum absolute atomic E-state index is 14.1. The van der Waals surface area contributed by atoms with Gasteiger partial charge in [-0.15, -0.1) is 0 Å². The van der Waals surface area contributed by atoms with E-state index in [0.29, 0.717) is 18.5 Å². The first kappa shape index (κ1) is 13.7. The molecule has 2 aliphatic heterocycles. The standard InChI is InChI=1S/C17H19FN2O2/c1-10-7-8-11-12(4-2-5-13(11)18)15(10)20-16(21)14-6-3-9-19(14)17(20)22/h2,4-5,10,14-15H,3,6-9H2,1H3/t10-,14-,15+/m1/s1. The smallest absolute Gasteiger partial charge is 0.312 e. The zero-order valence-electron chi connectivity index (χ0n) is 12.6. The van der Waals surface area contributed by atoms with Gasteiger partial charge in [0, 0.05) is 6.54 Å². The molecule has 1 aliphatic carbocycles. The number of fused-ring (bicyclic) bond motifs is 2. The minimum Gasteiger partial charge on any atom is -0.312 e. The predicted molar refractivity (Wildman–Crippen MR) is 78.6 cm³/mol. The highest BCUT2D eigenvalue weighted by molar-refractivity contribution is 6.05. The van der Waals surface area contributed by atoms with Crippen LogP contribution < -0.4 is 0 Å². The molecule has 0 radical (unpaired) electrons. The second kappa shape index (κ2) is 4.80. The van der Waals surface area contributed by atoms with Gasteiger partial charge >= 0.3 is 6.03 Å². The first-order valence-corrected chi connectivity index (χ1v) is 8.00. The maximum Gasteiger partial charge on any atom is 0.328 e. The lowest BCUT2D eigenvalue weighted by Gasteiger charge is -2.36. The van der Waals surface area contributed by atoms with Crippen LogP contribution in [0, 0.1) is 11.7 Å². The lowest BCUT2D eigenvalue weighted by Crippen LogP contribution is -2.41. The molecule has 3 atom stereocenters. The average Bonchev–Trinajstić information content (AvgIpc) is 3.06. The number of urea groups is 1. The molecule has 4 rings (SSSR count). The zero-order chi connectivity index (χ0) is 15.4. The van der Waals surface area contributed by atoms with Gasteiger partial charge in [0.15, 0.2) is 0 Å². The highest BCUT2D eigenvalue weighted by Crippen LogP contribution is 2.43. The summed E-state index contributed by atoms with van der Waals surface area (Å²) in [5, 5.41) is 0. The molecule has 2 saturated heterocycles. The summed E-state index contributed by atoms with van der Waals surface area (Å²) in [6.45, 7) is 2.70. The van der Waals surface area contributed by atoms with Crippen molar-refractivity contribution < 1.29 is 14.0 Å². The number of benzene rings is 1. The molecule has 1 aromatic rings. The zero-order valence-corrected chi connectivity index (χ0v) is 12.6. The van der Waals surface area contributed by atoms with Gasteiger partial charge in [-0.1, -0.05) is 19.1 Å². The monoisotopic (exact) mass is 302 g/mol. The molecule has 3 aliphatic rings. The predicted octanol–water partition coefficient (Wildman–Crippen LogP) is 2.88. The van der Waals surface area contributed by atoms with Crippen LogP contribution in [0.1, 0.15) is 43.4 Å². The molecule has 22 heavy (non-hydrogen) atoms. The Kier molecular flexibility index (Phi) is 2.99. The normalized spacial score (nSPS) is 30.7. The molecule has 1 aromatic carbocycles. The van der Waals surface area contributed by atoms with Gasteiger partial charge < -0.3 is 4.90 Å². The van der Waals surface area contributed by atoms with Crippen molar-refractivity contribution in [2.45, 2.75) is 44.7 Å². The topological polar surface area (TPSA) is 40.6 Å². The molecule has 5 heteroatoms. The Bertz CT molecular complexity index is 638. The van der Waals surface area contributed by atoms with Crippen LogP contribution in [0.5, 0.6) is 0 Å². The van der Waals surface area contributed by atoms with Crippen LogP contribution >= 0.6 is 0 Å². The molecule has 0 spiro atoms. The first-order chi connectivity index (χ1) is 10.6. The van der Waals surface area contributed by atoms with Crippen molar-refractivity contribution in [1.29, 1.82) is 0 Å². The average molecular weight is 302 g/mol. The molecule has 0 saturated carbocycles. The Balaban J connectivity index is 1.78. The number of hydrogen-bond donors (Lipinski definition) is 0. The van der Waals surface area contributed by atoms with E-state index in [2.05, 4.69) is 0 Å². The Morgan fingerprint density at radius 1 is 1.23 bits per heavy atom. The molecule has 0 aromatic heterocycles. The van der Waals surface area contributed by atoms with E-state index >= 15 is 0 Å². The SMILES string of the molecule is C[C@@H]1CCc2c(F)cccc2[C@H]1N1C(=O)[C@H]2CCCN2C1=O. The van der Waals surface area contributed by atoms with Crippen LogP contribution in [0.4, 0.5) is 9.18 Å². The molecule has 0 bridgehead atoms. The van der Waals surface area contributed by atoms with Crippen molar-refractivity contribution in [3.8, 4) is 0 Å². The largest absolute Gasteiger partial charge is 0.328 e. The fourth-order valence-electron chi connectivity index (χ4n) is 4.25. The van der Waals surface area contributed by atoms with Crippen LogP contribution in [0.3, 0.4) is 0 Å². The quantitative estimate of drug-likeness (QED) is 0.748. The van der Waals surface area contributed by atoms with Crippen LogP contribution in [0.2, 0.25) is 0 Å². The number of hydrogen-bond acceptors (Lipinski definition) is 2. The van der Waals surface area contributed by atoms with Gasteiger partial charge in [-0.25, -0.2) is 9.18 Å². The summed E-state index contributed by atoms with van der Waals surface area (Å²) in [5.41, 5.74) is 1.47. The number of carbonyl (C=O) groups is 2. The van der Waals surface area contributed by atoms with E-state index in [4.69, 9.17) is 0 Å². The molecular formula is C17H19FN2O2. The van der Waals surface area contributed by atoms with Gasteiger partial charge in [0.05, 0.1) is 6.04 Å². The highest BCUT2D eigenvalue weighted by Gasteiger charge is 2.51. The number of halogens is 1. The number of carbonyl (C=O) groups excluding carboxylic acids is 2. The molecule has 116 valence electrons. The second-order valence-electron chi connectivity index (χ2n) is 6.61. The molecule has 0 unspecified atom stereocenters. The molecule has 2 fully saturated rings.